The summed E-state index contributed by atoms with van der Waals surface area (Å²) in [6.07, 6.45) is 3.44. The highest BCUT2D eigenvalue weighted by atomic mass is 16.5. The first-order valence-corrected chi connectivity index (χ1v) is 8.89. The van der Waals surface area contributed by atoms with Crippen molar-refractivity contribution in [3.8, 4) is 5.75 Å². The largest absolute Gasteiger partial charge is 0.496 e. The van der Waals surface area contributed by atoms with E-state index in [1.807, 2.05) is 19.1 Å². The van der Waals surface area contributed by atoms with Crippen molar-refractivity contribution in [2.24, 2.45) is 5.92 Å². The van der Waals surface area contributed by atoms with Gasteiger partial charge in [0.25, 0.3) is 5.91 Å². The monoisotopic (exact) mass is 360 g/mol. The summed E-state index contributed by atoms with van der Waals surface area (Å²) in [5.41, 5.74) is -0.143. The lowest BCUT2D eigenvalue weighted by Gasteiger charge is -2.36. The van der Waals surface area contributed by atoms with Crippen LogP contribution in [0.1, 0.15) is 38.2 Å². The summed E-state index contributed by atoms with van der Waals surface area (Å²) in [5, 5.41) is 2.83. The predicted molar refractivity (Wildman–Crippen MR) is 93.4 cm³/mol. The zero-order valence-electron chi connectivity index (χ0n) is 15.1. The molecule has 2 atom stereocenters. The molecule has 2 fully saturated rings. The minimum atomic E-state index is -0.863. The summed E-state index contributed by atoms with van der Waals surface area (Å²) in [7, 11) is 1.54. The molecule has 1 N–H and O–H groups in total. The molecule has 3 amide bonds. The minimum absolute atomic E-state index is 0.0219. The zero-order chi connectivity index (χ0) is 18.7. The molecule has 1 saturated heterocycles. The van der Waals surface area contributed by atoms with Crippen LogP contribution in [0.2, 0.25) is 0 Å². The van der Waals surface area contributed by atoms with Crippen molar-refractivity contribution in [1.29, 1.82) is 0 Å². The molecule has 1 heterocycles. The number of amides is 3. The number of rotatable bonds is 5. The number of ether oxygens (including phenoxy) is 2. The van der Waals surface area contributed by atoms with Crippen molar-refractivity contribution in [2.45, 2.75) is 44.8 Å². The van der Waals surface area contributed by atoms with Gasteiger partial charge in [-0.15, -0.1) is 0 Å². The average Bonchev–Trinajstić information content (AvgIpc) is 2.87. The molecular weight excluding hydrogens is 336 g/mol. The van der Waals surface area contributed by atoms with Crippen LogP contribution in [-0.4, -0.2) is 42.0 Å². The fraction of sp³-hybridized carbons (Fsp3) is 0.526. The maximum Gasteiger partial charge on any atom is 0.326 e. The smallest absolute Gasteiger partial charge is 0.326 e. The normalized spacial score (nSPS) is 25.3. The number of urea groups is 1. The highest BCUT2D eigenvalue weighted by Crippen LogP contribution is 2.38. The molecule has 7 heteroatoms. The van der Waals surface area contributed by atoms with Crippen LogP contribution in [0, 0.1) is 5.92 Å². The molecule has 3 rings (SSSR count). The number of imide groups is 1. The van der Waals surface area contributed by atoms with E-state index in [1.54, 1.807) is 19.2 Å². The van der Waals surface area contributed by atoms with Crippen molar-refractivity contribution in [3.05, 3.63) is 29.8 Å². The van der Waals surface area contributed by atoms with Crippen molar-refractivity contribution >= 4 is 17.9 Å². The van der Waals surface area contributed by atoms with Gasteiger partial charge in [0, 0.05) is 5.56 Å². The number of para-hydroxylation sites is 1. The minimum Gasteiger partial charge on any atom is -0.496 e. The summed E-state index contributed by atoms with van der Waals surface area (Å²) < 4.78 is 10.5. The van der Waals surface area contributed by atoms with Crippen LogP contribution < -0.4 is 10.1 Å². The van der Waals surface area contributed by atoms with Crippen LogP contribution in [-0.2, 0) is 20.9 Å². The summed E-state index contributed by atoms with van der Waals surface area (Å²) in [6, 6.07) is 6.69. The van der Waals surface area contributed by atoms with Crippen LogP contribution >= 0.6 is 0 Å². The number of methoxy groups -OCH3 is 1. The molecule has 1 aromatic carbocycles. The highest BCUT2D eigenvalue weighted by molar-refractivity contribution is 6.08. The standard InChI is InChI=1S/C19H24N2O5/c1-13-7-5-6-10-19(13)17(23)21(18(24)20-19)11-16(22)26-12-14-8-3-4-9-15(14)25-2/h3-4,8-9,13H,5-7,10-12H2,1-2H3,(H,20,24)/t13-,19+/m0/s1. The quantitative estimate of drug-likeness (QED) is 0.643. The second kappa shape index (κ2) is 7.35. The SMILES string of the molecule is COc1ccccc1COC(=O)CN1C(=O)N[C@@]2(CCCC[C@@H]2C)C1=O. The van der Waals surface area contributed by atoms with E-state index in [4.69, 9.17) is 9.47 Å². The molecule has 0 radical (unpaired) electrons. The number of nitrogens with one attached hydrogen (secondary N) is 1. The van der Waals surface area contributed by atoms with Crippen LogP contribution in [0.5, 0.6) is 5.75 Å². The third-order valence-electron chi connectivity index (χ3n) is 5.37. The van der Waals surface area contributed by atoms with Gasteiger partial charge in [0.05, 0.1) is 7.11 Å². The third kappa shape index (κ3) is 3.25. The van der Waals surface area contributed by atoms with Crippen molar-refractivity contribution in [3.63, 3.8) is 0 Å². The van der Waals surface area contributed by atoms with E-state index < -0.39 is 17.5 Å². The molecule has 2 aliphatic rings. The van der Waals surface area contributed by atoms with E-state index in [1.165, 1.54) is 0 Å². The molecule has 26 heavy (non-hydrogen) atoms. The maximum atomic E-state index is 12.8. The van der Waals surface area contributed by atoms with Crippen LogP contribution in [0.25, 0.3) is 0 Å². The second-order valence-corrected chi connectivity index (χ2v) is 6.91. The van der Waals surface area contributed by atoms with E-state index in [-0.39, 0.29) is 25.0 Å². The molecule has 140 valence electrons. The highest BCUT2D eigenvalue weighted by Gasteiger charge is 2.55. The Morgan fingerprint density at radius 2 is 2.08 bits per heavy atom. The van der Waals surface area contributed by atoms with Crippen molar-refractivity contribution < 1.29 is 23.9 Å². The van der Waals surface area contributed by atoms with E-state index in [0.29, 0.717) is 12.2 Å². The number of esters is 1. The van der Waals surface area contributed by atoms with Gasteiger partial charge in [0.15, 0.2) is 0 Å². The molecule has 1 aliphatic carbocycles. The number of carbonyl (C=O) groups excluding carboxylic acids is 3. The lowest BCUT2D eigenvalue weighted by molar-refractivity contribution is -0.149. The molecule has 1 saturated carbocycles. The first kappa shape index (κ1) is 18.2. The van der Waals surface area contributed by atoms with Crippen molar-refractivity contribution in [2.75, 3.05) is 13.7 Å². The van der Waals surface area contributed by atoms with E-state index in [9.17, 15) is 14.4 Å². The first-order chi connectivity index (χ1) is 12.5. The Balaban J connectivity index is 1.62. The molecular formula is C19H24N2O5. The average molecular weight is 360 g/mol. The third-order valence-corrected chi connectivity index (χ3v) is 5.37. The van der Waals surface area contributed by atoms with Gasteiger partial charge in [-0.1, -0.05) is 38.0 Å². The molecule has 1 spiro atoms. The van der Waals surface area contributed by atoms with E-state index in [2.05, 4.69) is 5.32 Å². The molecule has 1 aromatic rings. The first-order valence-electron chi connectivity index (χ1n) is 8.89. The summed E-state index contributed by atoms with van der Waals surface area (Å²) in [5.74, 6) is -0.267. The van der Waals surface area contributed by atoms with E-state index >= 15 is 0 Å². The Morgan fingerprint density at radius 1 is 1.31 bits per heavy atom. The fourth-order valence-corrected chi connectivity index (χ4v) is 3.79. The Labute approximate surface area is 152 Å². The number of hydrogen-bond donors (Lipinski definition) is 1. The van der Waals surface area contributed by atoms with Crippen LogP contribution in [0.4, 0.5) is 4.79 Å². The molecule has 0 aromatic heterocycles. The van der Waals surface area contributed by atoms with Gasteiger partial charge in [-0.2, -0.15) is 0 Å². The summed E-state index contributed by atoms with van der Waals surface area (Å²) in [4.78, 5) is 38.3. The van der Waals surface area contributed by atoms with Crippen LogP contribution in [0.3, 0.4) is 0 Å². The summed E-state index contributed by atoms with van der Waals surface area (Å²) in [6.45, 7) is 1.61. The summed E-state index contributed by atoms with van der Waals surface area (Å²) >= 11 is 0. The van der Waals surface area contributed by atoms with Gasteiger partial charge in [0.2, 0.25) is 0 Å². The fourth-order valence-electron chi connectivity index (χ4n) is 3.79. The van der Waals surface area contributed by atoms with Crippen molar-refractivity contribution in [1.82, 2.24) is 10.2 Å². The maximum absolute atomic E-state index is 12.8. The predicted octanol–water partition coefficient (Wildman–Crippen LogP) is 2.24. The van der Waals surface area contributed by atoms with Gasteiger partial charge in [-0.3, -0.25) is 14.5 Å². The Morgan fingerprint density at radius 3 is 2.81 bits per heavy atom. The number of hydrogen-bond acceptors (Lipinski definition) is 5. The lowest BCUT2D eigenvalue weighted by Crippen LogP contribution is -2.54. The topological polar surface area (TPSA) is 84.9 Å². The van der Waals surface area contributed by atoms with Gasteiger partial charge < -0.3 is 14.8 Å². The van der Waals surface area contributed by atoms with Gasteiger partial charge in [0.1, 0.15) is 24.4 Å². The van der Waals surface area contributed by atoms with E-state index in [0.717, 1.165) is 29.7 Å². The molecule has 1 aliphatic heterocycles. The lowest BCUT2D eigenvalue weighted by atomic mass is 9.73. The Kier molecular flexibility index (Phi) is 5.15. The molecule has 0 unspecified atom stereocenters. The number of nitrogens with zero attached hydrogens (tertiary/aromatic N) is 1. The van der Waals surface area contributed by atoms with Gasteiger partial charge in [-0.05, 0) is 24.8 Å². The van der Waals surface area contributed by atoms with Crippen LogP contribution in [0.15, 0.2) is 24.3 Å². The Hall–Kier alpha value is -2.57. The second-order valence-electron chi connectivity index (χ2n) is 6.91. The zero-order valence-corrected chi connectivity index (χ0v) is 15.1. The van der Waals surface area contributed by atoms with Gasteiger partial charge >= 0.3 is 12.0 Å². The number of benzene rings is 1. The molecule has 0 bridgehead atoms. The number of carbonyl (C=O) groups is 3. The molecule has 7 nitrogen and oxygen atoms in total. The van der Waals surface area contributed by atoms with Gasteiger partial charge in [-0.25, -0.2) is 4.79 Å². The Bertz CT molecular complexity index is 720.